The van der Waals surface area contributed by atoms with Crippen LogP contribution in [-0.4, -0.2) is 11.7 Å². The molecule has 0 aromatic heterocycles. The summed E-state index contributed by atoms with van der Waals surface area (Å²) in [6, 6.07) is 2.08. The van der Waals surface area contributed by atoms with Crippen molar-refractivity contribution in [2.45, 2.75) is 52.3 Å². The van der Waals surface area contributed by atoms with Gasteiger partial charge in [-0.25, -0.2) is 4.79 Å². The van der Waals surface area contributed by atoms with Crippen molar-refractivity contribution in [1.82, 2.24) is 0 Å². The molecule has 0 fully saturated rings. The molecule has 0 radical (unpaired) electrons. The van der Waals surface area contributed by atoms with Crippen molar-refractivity contribution in [1.29, 1.82) is 0 Å². The number of anilines is 2. The number of nitrogen functional groups attached to an aromatic ring is 1. The van der Waals surface area contributed by atoms with Gasteiger partial charge in [0.25, 0.3) is 0 Å². The predicted molar refractivity (Wildman–Crippen MR) is 79.8 cm³/mol. The number of benzene rings is 1. The third kappa shape index (κ3) is 4.82. The topological polar surface area (TPSA) is 64.3 Å². The van der Waals surface area contributed by atoms with E-state index >= 15 is 0 Å². The Labute approximate surface area is 127 Å². The van der Waals surface area contributed by atoms with Crippen LogP contribution in [0.3, 0.4) is 0 Å². The van der Waals surface area contributed by atoms with Crippen LogP contribution in [0.15, 0.2) is 12.1 Å². The third-order valence-electron chi connectivity index (χ3n) is 2.78. The lowest BCUT2D eigenvalue weighted by atomic mass is 9.95. The first-order valence-electron chi connectivity index (χ1n) is 6.82. The summed E-state index contributed by atoms with van der Waals surface area (Å²) in [5, 5.41) is 2.39. The number of halogens is 3. The molecule has 4 nitrogen and oxygen atoms in total. The molecule has 7 heteroatoms. The number of nitrogens with one attached hydrogen (secondary N) is 1. The molecule has 0 saturated heterocycles. The fourth-order valence-electron chi connectivity index (χ4n) is 1.88. The molecular formula is C15H21F3N2O2. The lowest BCUT2D eigenvalue weighted by Gasteiger charge is -2.22. The van der Waals surface area contributed by atoms with Crippen molar-refractivity contribution in [3.8, 4) is 0 Å². The first-order chi connectivity index (χ1) is 9.81. The van der Waals surface area contributed by atoms with Gasteiger partial charge in [0.15, 0.2) is 0 Å². The maximum absolute atomic E-state index is 13.0. The van der Waals surface area contributed by atoms with Crippen molar-refractivity contribution in [2.75, 3.05) is 11.1 Å². The molecule has 1 rings (SSSR count). The van der Waals surface area contributed by atoms with Gasteiger partial charge in [0, 0.05) is 0 Å². The maximum Gasteiger partial charge on any atom is 0.416 e. The van der Waals surface area contributed by atoms with Gasteiger partial charge in [0.2, 0.25) is 0 Å². The highest BCUT2D eigenvalue weighted by Gasteiger charge is 2.35. The molecular weight excluding hydrogens is 297 g/mol. The molecule has 0 unspecified atom stereocenters. The van der Waals surface area contributed by atoms with E-state index in [-0.39, 0.29) is 22.9 Å². The summed E-state index contributed by atoms with van der Waals surface area (Å²) < 4.78 is 44.2. The van der Waals surface area contributed by atoms with Gasteiger partial charge >= 0.3 is 12.3 Å². The minimum atomic E-state index is -4.50. The Bertz CT molecular complexity index is 561. The van der Waals surface area contributed by atoms with E-state index in [1.165, 1.54) is 6.07 Å². The van der Waals surface area contributed by atoms with Crippen molar-refractivity contribution >= 4 is 17.5 Å². The van der Waals surface area contributed by atoms with Crippen LogP contribution in [0.2, 0.25) is 0 Å². The van der Waals surface area contributed by atoms with Crippen LogP contribution >= 0.6 is 0 Å². The second-order valence-corrected chi connectivity index (χ2v) is 6.31. The SMILES string of the molecule is CC(C)c1cc(NC(=O)OC(C)(C)C)c(N)cc1C(F)(F)F. The van der Waals surface area contributed by atoms with Crippen LogP contribution in [0.1, 0.15) is 51.7 Å². The average Bonchev–Trinajstić information content (AvgIpc) is 2.27. The number of amides is 1. The third-order valence-corrected chi connectivity index (χ3v) is 2.78. The number of hydrogen-bond donors (Lipinski definition) is 2. The van der Waals surface area contributed by atoms with Crippen LogP contribution in [0.25, 0.3) is 0 Å². The smallest absolute Gasteiger partial charge is 0.416 e. The molecule has 0 bridgehead atoms. The Hall–Kier alpha value is -1.92. The Kier molecular flexibility index (Phi) is 4.99. The summed E-state index contributed by atoms with van der Waals surface area (Å²) >= 11 is 0. The molecule has 1 amide bonds. The summed E-state index contributed by atoms with van der Waals surface area (Å²) in [5.41, 5.74) is 4.12. The van der Waals surface area contributed by atoms with E-state index in [1.807, 2.05) is 0 Å². The van der Waals surface area contributed by atoms with Crippen LogP contribution in [0.5, 0.6) is 0 Å². The number of nitrogens with two attached hydrogens (primary N) is 1. The Morgan fingerprint density at radius 2 is 1.77 bits per heavy atom. The van der Waals surface area contributed by atoms with Crippen molar-refractivity contribution in [3.05, 3.63) is 23.3 Å². The van der Waals surface area contributed by atoms with Crippen LogP contribution in [0, 0.1) is 0 Å². The Balaban J connectivity index is 3.18. The minimum Gasteiger partial charge on any atom is -0.444 e. The summed E-state index contributed by atoms with van der Waals surface area (Å²) in [5.74, 6) is -0.378. The highest BCUT2D eigenvalue weighted by atomic mass is 19.4. The zero-order valence-electron chi connectivity index (χ0n) is 13.3. The quantitative estimate of drug-likeness (QED) is 0.773. The lowest BCUT2D eigenvalue weighted by Crippen LogP contribution is -2.27. The molecule has 0 spiro atoms. The predicted octanol–water partition coefficient (Wildman–Crippen LogP) is 4.76. The van der Waals surface area contributed by atoms with Gasteiger partial charge in [-0.05, 0) is 44.4 Å². The summed E-state index contributed by atoms with van der Waals surface area (Å²) in [6.45, 7) is 8.32. The minimum absolute atomic E-state index is 0.0627. The second kappa shape index (κ2) is 6.06. The molecule has 0 saturated carbocycles. The molecule has 22 heavy (non-hydrogen) atoms. The number of alkyl halides is 3. The van der Waals surface area contributed by atoms with Gasteiger partial charge < -0.3 is 10.5 Å². The van der Waals surface area contributed by atoms with Gasteiger partial charge in [-0.1, -0.05) is 13.8 Å². The van der Waals surface area contributed by atoms with Crippen LogP contribution in [0.4, 0.5) is 29.3 Å². The van der Waals surface area contributed by atoms with E-state index in [4.69, 9.17) is 10.5 Å². The first kappa shape index (κ1) is 18.1. The molecule has 0 aliphatic carbocycles. The average molecular weight is 318 g/mol. The number of ether oxygens (including phenoxy) is 1. The lowest BCUT2D eigenvalue weighted by molar-refractivity contribution is -0.138. The molecule has 3 N–H and O–H groups in total. The van der Waals surface area contributed by atoms with Gasteiger partial charge in [0.1, 0.15) is 5.60 Å². The zero-order valence-corrected chi connectivity index (χ0v) is 13.3. The van der Waals surface area contributed by atoms with Gasteiger partial charge in [-0.15, -0.1) is 0 Å². The number of hydrogen-bond acceptors (Lipinski definition) is 3. The first-order valence-corrected chi connectivity index (χ1v) is 6.82. The normalized spacial score (nSPS) is 12.4. The standard InChI is InChI=1S/C15H21F3N2O2/c1-8(2)9-6-12(20-13(21)22-14(3,4)5)11(19)7-10(9)15(16,17)18/h6-8H,19H2,1-5H3,(H,20,21). The van der Waals surface area contributed by atoms with E-state index in [1.54, 1.807) is 34.6 Å². The maximum atomic E-state index is 13.0. The Morgan fingerprint density at radius 3 is 2.18 bits per heavy atom. The summed E-state index contributed by atoms with van der Waals surface area (Å²) in [7, 11) is 0. The zero-order chi connectivity index (χ0) is 17.3. The van der Waals surface area contributed by atoms with E-state index in [9.17, 15) is 18.0 Å². The van der Waals surface area contributed by atoms with Gasteiger partial charge in [-0.3, -0.25) is 5.32 Å². The fourth-order valence-corrected chi connectivity index (χ4v) is 1.88. The molecule has 0 aliphatic rings. The van der Waals surface area contributed by atoms with Crippen LogP contribution < -0.4 is 11.1 Å². The van der Waals surface area contributed by atoms with Crippen molar-refractivity contribution in [3.63, 3.8) is 0 Å². The molecule has 1 aromatic carbocycles. The highest BCUT2D eigenvalue weighted by molar-refractivity contribution is 5.89. The number of carbonyl (C=O) groups excluding carboxylic acids is 1. The van der Waals surface area contributed by atoms with E-state index in [0.29, 0.717) is 0 Å². The van der Waals surface area contributed by atoms with E-state index in [2.05, 4.69) is 5.32 Å². The van der Waals surface area contributed by atoms with Crippen LogP contribution in [-0.2, 0) is 10.9 Å². The van der Waals surface area contributed by atoms with Gasteiger partial charge in [-0.2, -0.15) is 13.2 Å². The van der Waals surface area contributed by atoms with Crippen molar-refractivity contribution < 1.29 is 22.7 Å². The van der Waals surface area contributed by atoms with E-state index in [0.717, 1.165) is 6.07 Å². The van der Waals surface area contributed by atoms with Gasteiger partial charge in [0.05, 0.1) is 16.9 Å². The fraction of sp³-hybridized carbons (Fsp3) is 0.533. The summed E-state index contributed by atoms with van der Waals surface area (Å²) in [6.07, 6.45) is -5.27. The Morgan fingerprint density at radius 1 is 1.23 bits per heavy atom. The summed E-state index contributed by atoms with van der Waals surface area (Å²) in [4.78, 5) is 11.7. The van der Waals surface area contributed by atoms with E-state index < -0.39 is 23.4 Å². The monoisotopic (exact) mass is 318 g/mol. The molecule has 0 atom stereocenters. The molecule has 0 aliphatic heterocycles. The highest BCUT2D eigenvalue weighted by Crippen LogP contribution is 2.39. The van der Waals surface area contributed by atoms with Crippen molar-refractivity contribution in [2.24, 2.45) is 0 Å². The number of rotatable bonds is 2. The largest absolute Gasteiger partial charge is 0.444 e. The number of carbonyl (C=O) groups is 1. The second-order valence-electron chi connectivity index (χ2n) is 6.31. The molecule has 1 aromatic rings. The molecule has 0 heterocycles. The molecule has 124 valence electrons.